The minimum atomic E-state index is -0.935. The number of hydrogen-bond acceptors (Lipinski definition) is 3. The van der Waals surface area contributed by atoms with Crippen LogP contribution in [0.2, 0.25) is 0 Å². The van der Waals surface area contributed by atoms with Crippen LogP contribution in [0.15, 0.2) is 12.1 Å². The summed E-state index contributed by atoms with van der Waals surface area (Å²) in [5.41, 5.74) is 6.11. The maximum Gasteiger partial charge on any atom is 0.405 e. The van der Waals surface area contributed by atoms with E-state index in [0.717, 1.165) is 6.07 Å². The van der Waals surface area contributed by atoms with E-state index in [1.165, 1.54) is 6.07 Å². The molecule has 0 unspecified atom stereocenters. The Hall–Kier alpha value is -2.09. The molecule has 2 N–H and O–H groups in total. The first-order chi connectivity index (χ1) is 7.45. The molecule has 4 nitrogen and oxygen atoms in total. The number of nitrogens with two attached hydrogens (primary N) is 1. The predicted octanol–water partition coefficient (Wildman–Crippen LogP) is 2.16. The molecule has 0 aromatic heterocycles. The lowest BCUT2D eigenvalue weighted by Crippen LogP contribution is -2.16. The number of amides is 1. The van der Waals surface area contributed by atoms with Crippen LogP contribution in [0.25, 0.3) is 0 Å². The van der Waals surface area contributed by atoms with E-state index >= 15 is 0 Å². The topological polar surface area (TPSA) is 76.1 Å². The van der Waals surface area contributed by atoms with Crippen LogP contribution in [0.4, 0.5) is 9.18 Å². The molecule has 0 bridgehead atoms. The molecule has 84 valence electrons. The summed E-state index contributed by atoms with van der Waals surface area (Å²) < 4.78 is 17.9. The zero-order valence-electron chi connectivity index (χ0n) is 8.95. The monoisotopic (exact) mass is 222 g/mol. The molecule has 1 aromatic rings. The number of nitriles is 1. The third-order valence-electron chi connectivity index (χ3n) is 2.26. The van der Waals surface area contributed by atoms with E-state index in [1.807, 2.05) is 6.07 Å². The molecule has 1 atom stereocenters. The van der Waals surface area contributed by atoms with Gasteiger partial charge in [0.05, 0.1) is 11.6 Å². The Balaban J connectivity index is 3.18. The van der Waals surface area contributed by atoms with Crippen LogP contribution in [-0.4, -0.2) is 6.09 Å². The molecule has 1 rings (SSSR count). The highest BCUT2D eigenvalue weighted by Gasteiger charge is 2.15. The molecular formula is C11H11FN2O2. The van der Waals surface area contributed by atoms with E-state index in [0.29, 0.717) is 11.1 Å². The zero-order chi connectivity index (χ0) is 12.3. The number of rotatable bonds is 2. The molecule has 0 radical (unpaired) electrons. The molecule has 0 saturated heterocycles. The second-order valence-electron chi connectivity index (χ2n) is 3.36. The Morgan fingerprint density at radius 2 is 2.25 bits per heavy atom. The number of hydrogen-bond donors (Lipinski definition) is 1. The highest BCUT2D eigenvalue weighted by atomic mass is 19.1. The van der Waals surface area contributed by atoms with Crippen molar-refractivity contribution >= 4 is 6.09 Å². The van der Waals surface area contributed by atoms with Gasteiger partial charge in [0.25, 0.3) is 0 Å². The van der Waals surface area contributed by atoms with E-state index in [4.69, 9.17) is 15.7 Å². The highest BCUT2D eigenvalue weighted by Crippen LogP contribution is 2.24. The van der Waals surface area contributed by atoms with Gasteiger partial charge < -0.3 is 10.5 Å². The fourth-order valence-corrected chi connectivity index (χ4v) is 1.48. The summed E-state index contributed by atoms with van der Waals surface area (Å²) in [5, 5.41) is 8.78. The van der Waals surface area contributed by atoms with Crippen LogP contribution in [0, 0.1) is 24.1 Å². The van der Waals surface area contributed by atoms with Gasteiger partial charge in [-0.15, -0.1) is 0 Å². The number of carbonyl (C=O) groups is 1. The number of benzene rings is 1. The minimum Gasteiger partial charge on any atom is -0.442 e. The number of primary amides is 1. The van der Waals surface area contributed by atoms with Gasteiger partial charge >= 0.3 is 6.09 Å². The normalized spacial score (nSPS) is 11.6. The van der Waals surface area contributed by atoms with Crippen molar-refractivity contribution in [1.82, 2.24) is 0 Å². The lowest BCUT2D eigenvalue weighted by molar-refractivity contribution is 0.116. The van der Waals surface area contributed by atoms with Crippen molar-refractivity contribution in [3.8, 4) is 6.07 Å². The molecule has 1 aromatic carbocycles. The first-order valence-electron chi connectivity index (χ1n) is 4.62. The molecule has 1 amide bonds. The summed E-state index contributed by atoms with van der Waals surface area (Å²) in [6, 6.07) is 4.23. The fraction of sp³-hybridized carbons (Fsp3) is 0.273. The first-order valence-corrected chi connectivity index (χ1v) is 4.62. The van der Waals surface area contributed by atoms with Crippen molar-refractivity contribution in [3.05, 3.63) is 34.6 Å². The SMILES string of the molecule is Cc1c(C#N)cc(F)cc1[C@@H](C)OC(N)=O. The Morgan fingerprint density at radius 3 is 2.75 bits per heavy atom. The number of carbonyl (C=O) groups excluding carboxylic acids is 1. The third-order valence-corrected chi connectivity index (χ3v) is 2.26. The van der Waals surface area contributed by atoms with E-state index < -0.39 is 18.0 Å². The Labute approximate surface area is 92.4 Å². The minimum absolute atomic E-state index is 0.218. The average molecular weight is 222 g/mol. The van der Waals surface area contributed by atoms with E-state index in [1.54, 1.807) is 13.8 Å². The van der Waals surface area contributed by atoms with Crippen LogP contribution >= 0.6 is 0 Å². The van der Waals surface area contributed by atoms with Crippen LogP contribution in [0.1, 0.15) is 29.7 Å². The van der Waals surface area contributed by atoms with Gasteiger partial charge in [-0.2, -0.15) is 5.26 Å². The van der Waals surface area contributed by atoms with E-state index in [9.17, 15) is 9.18 Å². The number of nitrogens with zero attached hydrogens (tertiary/aromatic N) is 1. The Morgan fingerprint density at radius 1 is 1.62 bits per heavy atom. The number of ether oxygens (including phenoxy) is 1. The number of halogens is 1. The predicted molar refractivity (Wildman–Crippen MR) is 54.9 cm³/mol. The molecule has 0 aliphatic heterocycles. The van der Waals surface area contributed by atoms with Crippen LogP contribution in [0.3, 0.4) is 0 Å². The summed E-state index contributed by atoms with van der Waals surface area (Å²) in [6.07, 6.45) is -1.62. The molecule has 0 spiro atoms. The summed E-state index contributed by atoms with van der Waals surface area (Å²) >= 11 is 0. The Kier molecular flexibility index (Phi) is 3.46. The smallest absolute Gasteiger partial charge is 0.405 e. The van der Waals surface area contributed by atoms with Gasteiger partial charge in [0, 0.05) is 0 Å². The highest BCUT2D eigenvalue weighted by molar-refractivity contribution is 5.65. The van der Waals surface area contributed by atoms with Crippen LogP contribution in [-0.2, 0) is 4.74 Å². The van der Waals surface area contributed by atoms with Crippen molar-refractivity contribution in [2.75, 3.05) is 0 Å². The lowest BCUT2D eigenvalue weighted by Gasteiger charge is -2.15. The molecule has 16 heavy (non-hydrogen) atoms. The standard InChI is InChI=1S/C11H11FN2O2/c1-6-8(5-13)3-9(12)4-10(6)7(2)16-11(14)15/h3-4,7H,1-2H3,(H2,14,15)/t7-/m1/s1. The fourth-order valence-electron chi connectivity index (χ4n) is 1.48. The Bertz CT molecular complexity index is 466. The molecule has 0 fully saturated rings. The van der Waals surface area contributed by atoms with E-state index in [2.05, 4.69) is 0 Å². The first kappa shape index (κ1) is 12.0. The van der Waals surface area contributed by atoms with Crippen molar-refractivity contribution in [1.29, 1.82) is 5.26 Å². The second-order valence-corrected chi connectivity index (χ2v) is 3.36. The van der Waals surface area contributed by atoms with Gasteiger partial charge in [0.2, 0.25) is 0 Å². The molecule has 0 heterocycles. The largest absolute Gasteiger partial charge is 0.442 e. The van der Waals surface area contributed by atoms with E-state index in [-0.39, 0.29) is 5.56 Å². The maximum absolute atomic E-state index is 13.2. The summed E-state index contributed by atoms with van der Waals surface area (Å²) in [6.45, 7) is 3.22. The van der Waals surface area contributed by atoms with Crippen LogP contribution < -0.4 is 5.73 Å². The molecule has 5 heteroatoms. The summed E-state index contributed by atoms with van der Waals surface area (Å²) in [5.74, 6) is -0.544. The summed E-state index contributed by atoms with van der Waals surface area (Å²) in [7, 11) is 0. The van der Waals surface area contributed by atoms with Gasteiger partial charge in [0.15, 0.2) is 0 Å². The van der Waals surface area contributed by atoms with Crippen molar-refractivity contribution in [3.63, 3.8) is 0 Å². The molecule has 0 saturated carbocycles. The maximum atomic E-state index is 13.2. The second kappa shape index (κ2) is 4.62. The summed E-state index contributed by atoms with van der Waals surface area (Å²) in [4.78, 5) is 10.6. The molecule has 0 aliphatic carbocycles. The lowest BCUT2D eigenvalue weighted by atomic mass is 9.99. The van der Waals surface area contributed by atoms with Crippen molar-refractivity contribution in [2.45, 2.75) is 20.0 Å². The van der Waals surface area contributed by atoms with Crippen molar-refractivity contribution < 1.29 is 13.9 Å². The zero-order valence-corrected chi connectivity index (χ0v) is 8.95. The van der Waals surface area contributed by atoms with Crippen LogP contribution in [0.5, 0.6) is 0 Å². The molecular weight excluding hydrogens is 211 g/mol. The van der Waals surface area contributed by atoms with Gasteiger partial charge in [0.1, 0.15) is 11.9 Å². The van der Waals surface area contributed by atoms with Gasteiger partial charge in [-0.25, -0.2) is 9.18 Å². The quantitative estimate of drug-likeness (QED) is 0.832. The van der Waals surface area contributed by atoms with Gasteiger partial charge in [-0.05, 0) is 37.1 Å². The van der Waals surface area contributed by atoms with Gasteiger partial charge in [-0.1, -0.05) is 0 Å². The average Bonchev–Trinajstić information content (AvgIpc) is 2.19. The van der Waals surface area contributed by atoms with Crippen molar-refractivity contribution in [2.24, 2.45) is 5.73 Å². The van der Waals surface area contributed by atoms with Gasteiger partial charge in [-0.3, -0.25) is 0 Å². The third kappa shape index (κ3) is 2.48. The molecule has 0 aliphatic rings.